The summed E-state index contributed by atoms with van der Waals surface area (Å²) in [5, 5.41) is 10.6. The first-order valence-corrected chi connectivity index (χ1v) is 12.7. The Morgan fingerprint density at radius 2 is 1.72 bits per heavy atom. The fraction of sp³-hybridized carbons (Fsp3) is 0.414. The Morgan fingerprint density at radius 3 is 2.39 bits per heavy atom. The summed E-state index contributed by atoms with van der Waals surface area (Å²) in [6.45, 7) is 11.1. The van der Waals surface area contributed by atoms with Crippen LogP contribution in [0.1, 0.15) is 25.1 Å². The molecule has 3 aromatic rings. The van der Waals surface area contributed by atoms with Gasteiger partial charge in [0.1, 0.15) is 12.8 Å². The van der Waals surface area contributed by atoms with Crippen molar-refractivity contribution in [2.75, 3.05) is 69.3 Å². The summed E-state index contributed by atoms with van der Waals surface area (Å²) in [5.74, 6) is 0.884. The van der Waals surface area contributed by atoms with Gasteiger partial charge in [-0.15, -0.1) is 0 Å². The smallest absolute Gasteiger partial charge is 0.214 e. The standard InChI is InChI=1S/C29H39N4O2.HI/c1-5-32(6-2)25-14-12-23(29(22-25)35-4)11-13-24-21-28(26-9-7-8-10-27(26)30(24)3)33-17-15-31(16-18-33)19-20-34;/h7-14,21-22,34H,5-6,15-20H2,1-4H3;1H/q+1;/p-1. The van der Waals surface area contributed by atoms with Gasteiger partial charge in [0.15, 0.2) is 0 Å². The van der Waals surface area contributed by atoms with Crippen LogP contribution < -0.4 is 43.1 Å². The molecular formula is C29H39IN4O2. The van der Waals surface area contributed by atoms with Crippen molar-refractivity contribution in [3.63, 3.8) is 0 Å². The van der Waals surface area contributed by atoms with Crippen molar-refractivity contribution in [1.29, 1.82) is 0 Å². The lowest BCUT2D eigenvalue weighted by molar-refractivity contribution is -0.646. The van der Waals surface area contributed by atoms with E-state index in [0.29, 0.717) is 0 Å². The van der Waals surface area contributed by atoms with Crippen molar-refractivity contribution in [2.24, 2.45) is 7.05 Å². The molecule has 194 valence electrons. The number of aryl methyl sites for hydroxylation is 1. The third-order valence-corrected chi connectivity index (χ3v) is 7.12. The first-order chi connectivity index (χ1) is 17.1. The molecule has 1 saturated heterocycles. The van der Waals surface area contributed by atoms with Gasteiger partial charge in [0, 0.05) is 81.3 Å². The van der Waals surface area contributed by atoms with Gasteiger partial charge in [-0.2, -0.15) is 4.57 Å². The molecule has 0 radical (unpaired) electrons. The van der Waals surface area contributed by atoms with E-state index in [1.54, 1.807) is 7.11 Å². The summed E-state index contributed by atoms with van der Waals surface area (Å²) in [6.07, 6.45) is 4.34. The lowest BCUT2D eigenvalue weighted by atomic mass is 10.1. The molecule has 2 heterocycles. The molecule has 6 nitrogen and oxygen atoms in total. The number of β-amino-alcohol motifs (C(OH)–C–C–N with tert-alkyl or cyclic N) is 1. The summed E-state index contributed by atoms with van der Waals surface area (Å²) in [6, 6.07) is 17.4. The number of piperazine rings is 1. The SMILES string of the molecule is CCN(CC)c1ccc(/C=C/c2cc(N3CCN(CCO)CC3)c3ccccc3[n+]2C)c(OC)c1.[I-]. The van der Waals surface area contributed by atoms with Crippen LogP contribution in [0.3, 0.4) is 0 Å². The zero-order valence-corrected chi connectivity index (χ0v) is 24.1. The molecule has 1 fully saturated rings. The maximum absolute atomic E-state index is 9.29. The minimum Gasteiger partial charge on any atom is -1.00 e. The maximum Gasteiger partial charge on any atom is 0.214 e. The Bertz CT molecular complexity index is 1170. The second-order valence-corrected chi connectivity index (χ2v) is 9.01. The molecule has 0 amide bonds. The molecule has 0 spiro atoms. The number of halogens is 1. The van der Waals surface area contributed by atoms with E-state index >= 15 is 0 Å². The Kier molecular flexibility index (Phi) is 10.4. The van der Waals surface area contributed by atoms with Gasteiger partial charge in [-0.1, -0.05) is 12.1 Å². The van der Waals surface area contributed by atoms with Crippen LogP contribution in [0.15, 0.2) is 48.5 Å². The van der Waals surface area contributed by atoms with E-state index in [4.69, 9.17) is 4.74 Å². The number of aromatic nitrogens is 1. The molecule has 1 aliphatic heterocycles. The highest BCUT2D eigenvalue weighted by atomic mass is 127. The van der Waals surface area contributed by atoms with E-state index in [0.717, 1.165) is 62.8 Å². The van der Waals surface area contributed by atoms with Gasteiger partial charge in [-0.25, -0.2) is 0 Å². The molecule has 1 aliphatic rings. The number of fused-ring (bicyclic) bond motifs is 1. The molecule has 36 heavy (non-hydrogen) atoms. The molecule has 0 atom stereocenters. The number of aliphatic hydroxyl groups excluding tert-OH is 1. The van der Waals surface area contributed by atoms with Crippen LogP contribution in [-0.4, -0.2) is 69.5 Å². The van der Waals surface area contributed by atoms with Crippen molar-refractivity contribution in [1.82, 2.24) is 4.90 Å². The van der Waals surface area contributed by atoms with Gasteiger partial charge in [0.2, 0.25) is 11.2 Å². The minimum absolute atomic E-state index is 0. The van der Waals surface area contributed by atoms with Crippen LogP contribution >= 0.6 is 0 Å². The van der Waals surface area contributed by atoms with Crippen LogP contribution in [0.2, 0.25) is 0 Å². The summed E-state index contributed by atoms with van der Waals surface area (Å²) in [7, 11) is 3.87. The highest BCUT2D eigenvalue weighted by Crippen LogP contribution is 2.30. The van der Waals surface area contributed by atoms with Gasteiger partial charge < -0.3 is 43.6 Å². The highest BCUT2D eigenvalue weighted by Gasteiger charge is 2.22. The van der Waals surface area contributed by atoms with Crippen molar-refractivity contribution in [2.45, 2.75) is 13.8 Å². The van der Waals surface area contributed by atoms with Crippen molar-refractivity contribution < 1.29 is 38.4 Å². The zero-order chi connectivity index (χ0) is 24.8. The van der Waals surface area contributed by atoms with Gasteiger partial charge in [-0.05, 0) is 38.1 Å². The van der Waals surface area contributed by atoms with Crippen LogP contribution in [0.5, 0.6) is 5.75 Å². The van der Waals surface area contributed by atoms with E-state index in [2.05, 4.69) is 101 Å². The monoisotopic (exact) mass is 602 g/mol. The summed E-state index contributed by atoms with van der Waals surface area (Å²) >= 11 is 0. The number of ether oxygens (including phenoxy) is 1. The molecule has 4 rings (SSSR count). The number of methoxy groups -OCH3 is 1. The normalized spacial score (nSPS) is 14.3. The minimum atomic E-state index is 0. The van der Waals surface area contributed by atoms with Gasteiger partial charge in [0.05, 0.1) is 24.8 Å². The Hall–Kier alpha value is -2.36. The Balaban J connectivity index is 0.00000361. The number of hydrogen-bond donors (Lipinski definition) is 1. The predicted octanol–water partition coefficient (Wildman–Crippen LogP) is 0.808. The molecule has 1 aromatic heterocycles. The van der Waals surface area contributed by atoms with E-state index in [1.165, 1.54) is 22.3 Å². The zero-order valence-electron chi connectivity index (χ0n) is 22.0. The highest BCUT2D eigenvalue weighted by molar-refractivity contribution is 5.91. The predicted molar refractivity (Wildman–Crippen MR) is 146 cm³/mol. The quantitative estimate of drug-likeness (QED) is 0.290. The lowest BCUT2D eigenvalue weighted by Crippen LogP contribution is -3.00. The maximum atomic E-state index is 9.29. The Labute approximate surface area is 232 Å². The number of hydrogen-bond acceptors (Lipinski definition) is 5. The average molecular weight is 603 g/mol. The summed E-state index contributed by atoms with van der Waals surface area (Å²) < 4.78 is 8.01. The number of benzene rings is 2. The number of pyridine rings is 1. The molecule has 1 N–H and O–H groups in total. The van der Waals surface area contributed by atoms with Crippen molar-refractivity contribution in [3.8, 4) is 5.75 Å². The number of para-hydroxylation sites is 1. The molecule has 0 bridgehead atoms. The molecule has 0 aliphatic carbocycles. The topological polar surface area (TPSA) is 43.1 Å². The third-order valence-electron chi connectivity index (χ3n) is 7.12. The van der Waals surface area contributed by atoms with E-state index in [9.17, 15) is 5.11 Å². The van der Waals surface area contributed by atoms with Crippen LogP contribution in [0, 0.1) is 0 Å². The molecular weight excluding hydrogens is 563 g/mol. The lowest BCUT2D eigenvalue weighted by Gasteiger charge is -2.36. The van der Waals surface area contributed by atoms with Crippen molar-refractivity contribution in [3.05, 3.63) is 59.8 Å². The average Bonchev–Trinajstić information content (AvgIpc) is 2.90. The second kappa shape index (κ2) is 13.3. The fourth-order valence-corrected chi connectivity index (χ4v) is 5.01. The van der Waals surface area contributed by atoms with Gasteiger partial charge >= 0.3 is 0 Å². The molecule has 0 unspecified atom stereocenters. The molecule has 2 aromatic carbocycles. The fourth-order valence-electron chi connectivity index (χ4n) is 5.01. The summed E-state index contributed by atoms with van der Waals surface area (Å²) in [5.41, 5.74) is 5.88. The number of aliphatic hydroxyl groups is 1. The largest absolute Gasteiger partial charge is 1.00 e. The van der Waals surface area contributed by atoms with E-state index in [1.807, 2.05) is 0 Å². The van der Waals surface area contributed by atoms with Gasteiger partial charge in [-0.3, -0.25) is 4.90 Å². The Morgan fingerprint density at radius 1 is 1.00 bits per heavy atom. The first-order valence-electron chi connectivity index (χ1n) is 12.7. The van der Waals surface area contributed by atoms with Crippen LogP contribution in [0.4, 0.5) is 11.4 Å². The number of anilines is 2. The van der Waals surface area contributed by atoms with E-state index < -0.39 is 0 Å². The summed E-state index contributed by atoms with van der Waals surface area (Å²) in [4.78, 5) is 7.13. The van der Waals surface area contributed by atoms with Crippen LogP contribution in [0.25, 0.3) is 23.1 Å². The third kappa shape index (κ3) is 6.12. The van der Waals surface area contributed by atoms with Gasteiger partial charge in [0.25, 0.3) is 0 Å². The first kappa shape index (κ1) is 28.2. The van der Waals surface area contributed by atoms with E-state index in [-0.39, 0.29) is 30.6 Å². The van der Waals surface area contributed by atoms with Crippen LogP contribution in [-0.2, 0) is 7.05 Å². The number of nitrogens with zero attached hydrogens (tertiary/aromatic N) is 4. The number of rotatable bonds is 9. The molecule has 0 saturated carbocycles. The van der Waals surface area contributed by atoms with Crippen molar-refractivity contribution >= 4 is 34.4 Å². The molecule has 7 heteroatoms. The second-order valence-electron chi connectivity index (χ2n) is 9.01.